The number of aromatic amines is 1. The Kier molecular flexibility index (Phi) is 2.37. The fourth-order valence-corrected chi connectivity index (χ4v) is 0.962. The highest BCUT2D eigenvalue weighted by Crippen LogP contribution is 2.16. The lowest BCUT2D eigenvalue weighted by Gasteiger charge is -2.16. The van der Waals surface area contributed by atoms with Crippen molar-refractivity contribution in [2.45, 2.75) is 26.2 Å². The van der Waals surface area contributed by atoms with Crippen LogP contribution in [0.25, 0.3) is 0 Å². The van der Waals surface area contributed by atoms with E-state index in [-0.39, 0.29) is 11.0 Å². The number of hydrogen-bond acceptors (Lipinski definition) is 2. The van der Waals surface area contributed by atoms with Crippen LogP contribution in [0.2, 0.25) is 0 Å². The van der Waals surface area contributed by atoms with Crippen molar-refractivity contribution >= 4 is 15.9 Å². The zero-order chi connectivity index (χ0) is 9.35. The first-order valence-corrected chi connectivity index (χ1v) is 4.46. The molecule has 1 N–H and O–H groups in total. The van der Waals surface area contributed by atoms with Crippen molar-refractivity contribution in [2.75, 3.05) is 0 Å². The number of rotatable bonds is 0. The van der Waals surface area contributed by atoms with E-state index in [1.807, 2.05) is 20.8 Å². The Morgan fingerprint density at radius 2 is 2.08 bits per heavy atom. The van der Waals surface area contributed by atoms with E-state index >= 15 is 0 Å². The smallest absolute Gasteiger partial charge is 0.265 e. The van der Waals surface area contributed by atoms with Crippen LogP contribution in [0.5, 0.6) is 0 Å². The summed E-state index contributed by atoms with van der Waals surface area (Å²) in [6.45, 7) is 6.00. The van der Waals surface area contributed by atoms with Gasteiger partial charge in [-0.3, -0.25) is 4.79 Å². The van der Waals surface area contributed by atoms with Gasteiger partial charge in [0, 0.05) is 11.6 Å². The van der Waals surface area contributed by atoms with Crippen LogP contribution in [-0.4, -0.2) is 9.97 Å². The fourth-order valence-electron chi connectivity index (χ4n) is 0.761. The number of aromatic nitrogens is 2. The second kappa shape index (κ2) is 3.01. The highest BCUT2D eigenvalue weighted by atomic mass is 79.9. The standard InChI is InChI=1S/C8H11BrN2O/c1-8(2,3)7-10-4-5(9)6(12)11-7/h4H,1-3H3,(H,10,11,12). The highest BCUT2D eigenvalue weighted by Gasteiger charge is 2.16. The Morgan fingerprint density at radius 3 is 2.50 bits per heavy atom. The Balaban J connectivity index is 3.23. The molecule has 0 aliphatic rings. The highest BCUT2D eigenvalue weighted by molar-refractivity contribution is 9.10. The van der Waals surface area contributed by atoms with E-state index in [0.717, 1.165) is 0 Å². The van der Waals surface area contributed by atoms with Crippen molar-refractivity contribution in [1.29, 1.82) is 0 Å². The second-order valence-corrected chi connectivity index (χ2v) is 4.51. The van der Waals surface area contributed by atoms with Crippen LogP contribution >= 0.6 is 15.9 Å². The molecule has 0 unspecified atom stereocenters. The molecule has 0 radical (unpaired) electrons. The summed E-state index contributed by atoms with van der Waals surface area (Å²) in [7, 11) is 0. The quantitative estimate of drug-likeness (QED) is 0.740. The van der Waals surface area contributed by atoms with Gasteiger partial charge in [0.05, 0.1) is 0 Å². The van der Waals surface area contributed by atoms with E-state index in [1.165, 1.54) is 6.20 Å². The molecular formula is C8H11BrN2O. The van der Waals surface area contributed by atoms with Crippen LogP contribution in [-0.2, 0) is 5.41 Å². The molecule has 4 heteroatoms. The Morgan fingerprint density at radius 1 is 1.50 bits per heavy atom. The predicted molar refractivity (Wildman–Crippen MR) is 51.3 cm³/mol. The molecule has 0 amide bonds. The molecule has 3 nitrogen and oxygen atoms in total. The maximum atomic E-state index is 11.1. The normalized spacial score (nSPS) is 11.7. The van der Waals surface area contributed by atoms with Crippen LogP contribution < -0.4 is 5.56 Å². The molecule has 0 bridgehead atoms. The number of nitrogens with zero attached hydrogens (tertiary/aromatic N) is 1. The minimum Gasteiger partial charge on any atom is -0.309 e. The van der Waals surface area contributed by atoms with Crippen molar-refractivity contribution in [3.8, 4) is 0 Å². The van der Waals surface area contributed by atoms with Gasteiger partial charge in [0.1, 0.15) is 10.3 Å². The first-order valence-electron chi connectivity index (χ1n) is 3.66. The molecule has 0 fully saturated rings. The average molecular weight is 231 g/mol. The largest absolute Gasteiger partial charge is 0.309 e. The van der Waals surface area contributed by atoms with Crippen LogP contribution in [0.1, 0.15) is 26.6 Å². The number of nitrogens with one attached hydrogen (secondary N) is 1. The third-order valence-corrected chi connectivity index (χ3v) is 2.03. The minimum atomic E-state index is -0.130. The molecule has 0 saturated carbocycles. The molecular weight excluding hydrogens is 220 g/mol. The van der Waals surface area contributed by atoms with Gasteiger partial charge in [0.15, 0.2) is 0 Å². The molecule has 1 aromatic rings. The van der Waals surface area contributed by atoms with E-state index in [9.17, 15) is 4.79 Å². The zero-order valence-electron chi connectivity index (χ0n) is 7.31. The van der Waals surface area contributed by atoms with Gasteiger partial charge in [-0.1, -0.05) is 20.8 Å². The summed E-state index contributed by atoms with van der Waals surface area (Å²) in [4.78, 5) is 18.0. The summed E-state index contributed by atoms with van der Waals surface area (Å²) >= 11 is 3.09. The monoisotopic (exact) mass is 230 g/mol. The number of hydrogen-bond donors (Lipinski definition) is 1. The lowest BCUT2D eigenvalue weighted by atomic mass is 9.96. The Labute approximate surface area is 79.4 Å². The van der Waals surface area contributed by atoms with Crippen molar-refractivity contribution in [2.24, 2.45) is 0 Å². The molecule has 0 aliphatic heterocycles. The third kappa shape index (κ3) is 1.94. The molecule has 66 valence electrons. The lowest BCUT2D eigenvalue weighted by Crippen LogP contribution is -2.21. The maximum absolute atomic E-state index is 11.1. The van der Waals surface area contributed by atoms with E-state index in [4.69, 9.17) is 0 Å². The van der Waals surface area contributed by atoms with Crippen molar-refractivity contribution in [3.63, 3.8) is 0 Å². The summed E-state index contributed by atoms with van der Waals surface area (Å²) < 4.78 is 0.468. The summed E-state index contributed by atoms with van der Waals surface area (Å²) in [5, 5.41) is 0. The average Bonchev–Trinajstić information content (AvgIpc) is 1.92. The van der Waals surface area contributed by atoms with Crippen molar-refractivity contribution < 1.29 is 0 Å². The van der Waals surface area contributed by atoms with E-state index in [1.54, 1.807) is 0 Å². The van der Waals surface area contributed by atoms with Gasteiger partial charge in [-0.2, -0.15) is 0 Å². The fraction of sp³-hybridized carbons (Fsp3) is 0.500. The molecule has 1 rings (SSSR count). The molecule has 0 aliphatic carbocycles. The molecule has 0 aromatic carbocycles. The molecule has 0 saturated heterocycles. The summed E-state index contributed by atoms with van der Waals surface area (Å²) in [6, 6.07) is 0. The zero-order valence-corrected chi connectivity index (χ0v) is 8.90. The van der Waals surface area contributed by atoms with Crippen molar-refractivity contribution in [1.82, 2.24) is 9.97 Å². The summed E-state index contributed by atoms with van der Waals surface area (Å²) in [5.41, 5.74) is -0.241. The Hall–Kier alpha value is -0.640. The van der Waals surface area contributed by atoms with Crippen LogP contribution in [0.4, 0.5) is 0 Å². The van der Waals surface area contributed by atoms with Gasteiger partial charge >= 0.3 is 0 Å². The topological polar surface area (TPSA) is 45.8 Å². The number of H-pyrrole nitrogens is 1. The van der Waals surface area contributed by atoms with Gasteiger partial charge < -0.3 is 4.98 Å². The van der Waals surface area contributed by atoms with Gasteiger partial charge in [0.25, 0.3) is 5.56 Å². The second-order valence-electron chi connectivity index (χ2n) is 3.66. The van der Waals surface area contributed by atoms with Gasteiger partial charge in [-0.15, -0.1) is 0 Å². The summed E-state index contributed by atoms with van der Waals surface area (Å²) in [5.74, 6) is 0.704. The SMILES string of the molecule is CC(C)(C)c1ncc(Br)c(=O)[nH]1. The molecule has 12 heavy (non-hydrogen) atoms. The van der Waals surface area contributed by atoms with E-state index in [0.29, 0.717) is 10.3 Å². The third-order valence-electron chi connectivity index (χ3n) is 1.47. The Bertz CT molecular complexity index is 338. The predicted octanol–water partition coefficient (Wildman–Crippen LogP) is 1.83. The van der Waals surface area contributed by atoms with Gasteiger partial charge in [-0.25, -0.2) is 4.98 Å². The van der Waals surface area contributed by atoms with Crippen LogP contribution in [0, 0.1) is 0 Å². The van der Waals surface area contributed by atoms with E-state index in [2.05, 4.69) is 25.9 Å². The molecule has 1 heterocycles. The number of halogens is 1. The molecule has 0 atom stereocenters. The van der Waals surface area contributed by atoms with Gasteiger partial charge in [-0.05, 0) is 15.9 Å². The molecule has 0 spiro atoms. The maximum Gasteiger partial charge on any atom is 0.265 e. The van der Waals surface area contributed by atoms with Crippen LogP contribution in [0.3, 0.4) is 0 Å². The van der Waals surface area contributed by atoms with Crippen molar-refractivity contribution in [3.05, 3.63) is 26.8 Å². The van der Waals surface area contributed by atoms with E-state index < -0.39 is 0 Å². The minimum absolute atomic E-state index is 0.111. The first kappa shape index (κ1) is 9.45. The lowest BCUT2D eigenvalue weighted by molar-refractivity contribution is 0.542. The van der Waals surface area contributed by atoms with Crippen LogP contribution in [0.15, 0.2) is 15.5 Å². The first-order chi connectivity index (χ1) is 5.41. The summed E-state index contributed by atoms with van der Waals surface area (Å²) in [6.07, 6.45) is 1.53. The molecule has 1 aromatic heterocycles. The van der Waals surface area contributed by atoms with Gasteiger partial charge in [0.2, 0.25) is 0 Å².